The van der Waals surface area contributed by atoms with Crippen LogP contribution in [0.1, 0.15) is 59.2 Å². The maximum Gasteiger partial charge on any atom is 0.255 e. The first kappa shape index (κ1) is 28.2. The van der Waals surface area contributed by atoms with Gasteiger partial charge < -0.3 is 25.2 Å². The fourth-order valence-electron chi connectivity index (χ4n) is 4.81. The Bertz CT molecular complexity index is 1110. The minimum atomic E-state index is -0.187. The molecule has 2 N–H and O–H groups in total. The number of benzene rings is 2. The van der Waals surface area contributed by atoms with Crippen molar-refractivity contribution >= 4 is 23.5 Å². The van der Waals surface area contributed by atoms with Crippen LogP contribution in [-0.2, 0) is 17.8 Å². The van der Waals surface area contributed by atoms with Gasteiger partial charge in [-0.1, -0.05) is 37.4 Å². The lowest BCUT2D eigenvalue weighted by molar-refractivity contribution is -0.108. The van der Waals surface area contributed by atoms with Crippen LogP contribution in [0.25, 0.3) is 5.57 Å². The molecule has 0 radical (unpaired) electrons. The Hall–Kier alpha value is -3.38. The molecule has 6 nitrogen and oxygen atoms in total. The fourth-order valence-corrected chi connectivity index (χ4v) is 4.81. The molecule has 6 heteroatoms. The summed E-state index contributed by atoms with van der Waals surface area (Å²) in [5.74, 6) is 0.0157. The monoisotopic (exact) mass is 502 g/mol. The van der Waals surface area contributed by atoms with Crippen molar-refractivity contribution < 1.29 is 9.59 Å². The van der Waals surface area contributed by atoms with Crippen LogP contribution < -0.4 is 15.5 Å². The summed E-state index contributed by atoms with van der Waals surface area (Å²) in [5.41, 5.74) is 7.41. The van der Waals surface area contributed by atoms with Crippen molar-refractivity contribution in [2.24, 2.45) is 0 Å². The van der Waals surface area contributed by atoms with Gasteiger partial charge in [-0.25, -0.2) is 0 Å². The van der Waals surface area contributed by atoms with E-state index in [1.54, 1.807) is 7.05 Å². The van der Waals surface area contributed by atoms with Gasteiger partial charge in [0, 0.05) is 51.1 Å². The number of rotatable bonds is 16. The van der Waals surface area contributed by atoms with Gasteiger partial charge in [0.2, 0.25) is 0 Å². The molecule has 0 spiro atoms. The maximum absolute atomic E-state index is 13.0. The molecule has 0 saturated carbocycles. The average Bonchev–Trinajstić information content (AvgIpc) is 3.23. The average molecular weight is 503 g/mol. The number of carbonyl (C=O) groups excluding carboxylic acids is 2. The Labute approximate surface area is 222 Å². The zero-order chi connectivity index (χ0) is 26.8. The fraction of sp³-hybridized carbons (Fsp3) is 0.419. The van der Waals surface area contributed by atoms with Crippen LogP contribution in [0.3, 0.4) is 0 Å². The van der Waals surface area contributed by atoms with Crippen LogP contribution in [0.4, 0.5) is 5.69 Å². The minimum absolute atomic E-state index is 0.0157. The van der Waals surface area contributed by atoms with Gasteiger partial charge in [0.05, 0.1) is 6.04 Å². The largest absolute Gasteiger partial charge is 0.390 e. The molecule has 0 aromatic heterocycles. The first-order chi connectivity index (χ1) is 17.8. The van der Waals surface area contributed by atoms with Crippen LogP contribution >= 0.6 is 0 Å². The molecule has 2 aromatic rings. The molecule has 37 heavy (non-hydrogen) atoms. The molecule has 1 heterocycles. The van der Waals surface area contributed by atoms with E-state index >= 15 is 0 Å². The van der Waals surface area contributed by atoms with E-state index in [9.17, 15) is 9.59 Å². The number of likely N-dealkylation sites (N-methyl/N-ethyl adjacent to an activating group) is 1. The van der Waals surface area contributed by atoms with Gasteiger partial charge in [0.25, 0.3) is 5.91 Å². The van der Waals surface area contributed by atoms with Crippen molar-refractivity contribution in [3.05, 3.63) is 83.6 Å². The molecule has 2 aromatic carbocycles. The number of amides is 1. The lowest BCUT2D eigenvalue weighted by Crippen LogP contribution is -2.39. The van der Waals surface area contributed by atoms with Gasteiger partial charge in [-0.05, 0) is 85.7 Å². The Balaban J connectivity index is 1.41. The summed E-state index contributed by atoms with van der Waals surface area (Å²) in [6, 6.07) is 14.5. The van der Waals surface area contributed by atoms with Crippen LogP contribution in [0.5, 0.6) is 0 Å². The third kappa shape index (κ3) is 7.56. The van der Waals surface area contributed by atoms with E-state index in [2.05, 4.69) is 79.2 Å². The van der Waals surface area contributed by atoms with E-state index in [4.69, 9.17) is 0 Å². The zero-order valence-electron chi connectivity index (χ0n) is 22.7. The van der Waals surface area contributed by atoms with Gasteiger partial charge in [0.15, 0.2) is 0 Å². The van der Waals surface area contributed by atoms with E-state index in [0.717, 1.165) is 61.9 Å². The van der Waals surface area contributed by atoms with Crippen molar-refractivity contribution in [1.29, 1.82) is 0 Å². The topological polar surface area (TPSA) is 64.7 Å². The molecular formula is C31H42N4O2. The first-order valence-electron chi connectivity index (χ1n) is 13.2. The summed E-state index contributed by atoms with van der Waals surface area (Å²) in [7, 11) is 5.91. The Morgan fingerprint density at radius 3 is 2.68 bits per heavy atom. The third-order valence-electron chi connectivity index (χ3n) is 7.10. The second-order valence-corrected chi connectivity index (χ2v) is 9.97. The third-order valence-corrected chi connectivity index (χ3v) is 7.10. The molecule has 0 fully saturated rings. The quantitative estimate of drug-likeness (QED) is 0.255. The number of anilines is 1. The van der Waals surface area contributed by atoms with Crippen LogP contribution in [-0.4, -0.2) is 57.4 Å². The minimum Gasteiger partial charge on any atom is -0.390 e. The number of aldehydes is 1. The number of unbranched alkanes of at least 4 members (excludes halogenated alkanes) is 1. The van der Waals surface area contributed by atoms with Gasteiger partial charge in [-0.15, -0.1) is 0 Å². The highest BCUT2D eigenvalue weighted by Crippen LogP contribution is 2.29. The van der Waals surface area contributed by atoms with Crippen molar-refractivity contribution in [1.82, 2.24) is 15.5 Å². The highest BCUT2D eigenvalue weighted by atomic mass is 16.2. The lowest BCUT2D eigenvalue weighted by Gasteiger charge is -2.29. The number of fused-ring (bicyclic) bond motifs is 1. The molecule has 0 aliphatic carbocycles. The van der Waals surface area contributed by atoms with E-state index in [1.165, 1.54) is 22.4 Å². The number of hydrogen-bond donors (Lipinski definition) is 2. The second kappa shape index (κ2) is 13.8. The maximum atomic E-state index is 13.0. The summed E-state index contributed by atoms with van der Waals surface area (Å²) in [5, 5.41) is 6.61. The normalized spacial score (nSPS) is 13.3. The predicted octanol–water partition coefficient (Wildman–Crippen LogP) is 4.81. The Morgan fingerprint density at radius 2 is 1.95 bits per heavy atom. The van der Waals surface area contributed by atoms with Gasteiger partial charge >= 0.3 is 0 Å². The SMILES string of the molecule is C=C(CCCCNCCc1ccc2c(c1)CN(C(CCC=O)C(=C)NC)C2=O)c1cccc(N(C)C)c1. The molecule has 1 aliphatic heterocycles. The summed E-state index contributed by atoms with van der Waals surface area (Å²) >= 11 is 0. The molecular weight excluding hydrogens is 460 g/mol. The number of carbonyl (C=O) groups is 2. The standard InChI is InChI=1S/C31H42N4O2/c1-23(26-11-8-12-28(21-26)34(4)5)10-6-7-17-33-18-16-25-14-15-29-27(20-25)22-35(31(29)37)30(13-9-19-36)24(2)32-3/h8,11-12,14-15,19-21,30,32-33H,1-2,6-7,9-10,13,16-18,22H2,3-5H3. The lowest BCUT2D eigenvalue weighted by atomic mass is 10.0. The van der Waals surface area contributed by atoms with Crippen molar-refractivity contribution in [2.75, 3.05) is 39.1 Å². The number of nitrogens with one attached hydrogen (secondary N) is 2. The summed E-state index contributed by atoms with van der Waals surface area (Å²) < 4.78 is 0. The van der Waals surface area contributed by atoms with Crippen LogP contribution in [0.15, 0.2) is 61.3 Å². The first-order valence-corrected chi connectivity index (χ1v) is 13.2. The molecule has 3 rings (SSSR count). The molecule has 1 amide bonds. The van der Waals surface area contributed by atoms with Gasteiger partial charge in [-0.2, -0.15) is 0 Å². The molecule has 1 aliphatic rings. The molecule has 1 atom stereocenters. The highest BCUT2D eigenvalue weighted by molar-refractivity contribution is 5.98. The summed E-state index contributed by atoms with van der Waals surface area (Å²) in [6.45, 7) is 10.8. The van der Waals surface area contributed by atoms with E-state index in [1.807, 2.05) is 11.0 Å². The molecule has 198 valence electrons. The predicted molar refractivity (Wildman–Crippen MR) is 154 cm³/mol. The van der Waals surface area contributed by atoms with E-state index in [-0.39, 0.29) is 11.9 Å². The summed E-state index contributed by atoms with van der Waals surface area (Å²) in [4.78, 5) is 27.9. The van der Waals surface area contributed by atoms with E-state index in [0.29, 0.717) is 19.4 Å². The smallest absolute Gasteiger partial charge is 0.255 e. The van der Waals surface area contributed by atoms with Crippen LogP contribution in [0, 0.1) is 0 Å². The number of allylic oxidation sites excluding steroid dienone is 1. The van der Waals surface area contributed by atoms with E-state index < -0.39 is 0 Å². The van der Waals surface area contributed by atoms with Gasteiger partial charge in [-0.3, -0.25) is 4.79 Å². The van der Waals surface area contributed by atoms with Crippen molar-refractivity contribution in [2.45, 2.75) is 51.1 Å². The Morgan fingerprint density at radius 1 is 1.14 bits per heavy atom. The molecule has 0 bridgehead atoms. The van der Waals surface area contributed by atoms with Crippen LogP contribution in [0.2, 0.25) is 0 Å². The highest BCUT2D eigenvalue weighted by Gasteiger charge is 2.33. The number of nitrogens with zero attached hydrogens (tertiary/aromatic N) is 2. The molecule has 1 unspecified atom stereocenters. The Kier molecular flexibility index (Phi) is 10.5. The number of hydrogen-bond acceptors (Lipinski definition) is 5. The van der Waals surface area contributed by atoms with Crippen molar-refractivity contribution in [3.63, 3.8) is 0 Å². The molecule has 0 saturated heterocycles. The summed E-state index contributed by atoms with van der Waals surface area (Å²) in [6.07, 6.45) is 6.02. The van der Waals surface area contributed by atoms with Gasteiger partial charge in [0.1, 0.15) is 6.29 Å². The zero-order valence-corrected chi connectivity index (χ0v) is 22.7. The van der Waals surface area contributed by atoms with Crippen molar-refractivity contribution in [3.8, 4) is 0 Å². The second-order valence-electron chi connectivity index (χ2n) is 9.97.